The molecule has 0 aliphatic rings. The van der Waals surface area contributed by atoms with E-state index in [0.717, 1.165) is 16.5 Å². The van der Waals surface area contributed by atoms with Crippen LogP contribution in [0.3, 0.4) is 0 Å². The quantitative estimate of drug-likeness (QED) is 0.755. The SMILES string of the molecule is CC(C)Nc1cc(C(=O)Nc2cccc3ccccc23)ccn1. The molecule has 0 unspecified atom stereocenters. The topological polar surface area (TPSA) is 54.0 Å². The molecule has 3 aromatic rings. The molecule has 0 saturated carbocycles. The van der Waals surface area contributed by atoms with Gasteiger partial charge < -0.3 is 10.6 Å². The summed E-state index contributed by atoms with van der Waals surface area (Å²) in [5.74, 6) is 0.557. The van der Waals surface area contributed by atoms with Crippen LogP contribution in [0.4, 0.5) is 11.5 Å². The number of amides is 1. The maximum Gasteiger partial charge on any atom is 0.255 e. The second kappa shape index (κ2) is 6.48. The van der Waals surface area contributed by atoms with E-state index in [1.807, 2.05) is 56.3 Å². The van der Waals surface area contributed by atoms with Crippen LogP contribution in [0.15, 0.2) is 60.8 Å². The van der Waals surface area contributed by atoms with Gasteiger partial charge in [0.05, 0.1) is 0 Å². The first-order valence-corrected chi connectivity index (χ1v) is 7.65. The molecule has 0 atom stereocenters. The van der Waals surface area contributed by atoms with E-state index in [-0.39, 0.29) is 11.9 Å². The second-order valence-electron chi connectivity index (χ2n) is 5.71. The lowest BCUT2D eigenvalue weighted by molar-refractivity contribution is 0.102. The molecule has 0 aliphatic heterocycles. The molecule has 2 N–H and O–H groups in total. The summed E-state index contributed by atoms with van der Waals surface area (Å²) in [6.45, 7) is 4.06. The summed E-state index contributed by atoms with van der Waals surface area (Å²) in [6, 6.07) is 17.6. The first kappa shape index (κ1) is 15.0. The maximum atomic E-state index is 12.5. The first-order valence-electron chi connectivity index (χ1n) is 7.65. The van der Waals surface area contributed by atoms with Crippen LogP contribution in [-0.2, 0) is 0 Å². The fraction of sp³-hybridized carbons (Fsp3) is 0.158. The number of nitrogens with one attached hydrogen (secondary N) is 2. The summed E-state index contributed by atoms with van der Waals surface area (Å²) in [7, 11) is 0. The highest BCUT2D eigenvalue weighted by molar-refractivity contribution is 6.09. The van der Waals surface area contributed by atoms with Crippen molar-refractivity contribution in [2.24, 2.45) is 0 Å². The third-order valence-corrected chi connectivity index (χ3v) is 3.50. The molecule has 0 aliphatic carbocycles. The van der Waals surface area contributed by atoms with Gasteiger partial charge in [-0.15, -0.1) is 0 Å². The first-order chi connectivity index (χ1) is 11.1. The molecule has 4 nitrogen and oxygen atoms in total. The summed E-state index contributed by atoms with van der Waals surface area (Å²) in [5.41, 5.74) is 1.39. The Bertz CT molecular complexity index is 837. The third kappa shape index (κ3) is 3.48. The summed E-state index contributed by atoms with van der Waals surface area (Å²) in [5, 5.41) is 8.31. The van der Waals surface area contributed by atoms with Gasteiger partial charge in [-0.3, -0.25) is 4.79 Å². The van der Waals surface area contributed by atoms with Gasteiger partial charge in [0.1, 0.15) is 5.82 Å². The molecule has 4 heteroatoms. The van der Waals surface area contributed by atoms with Crippen LogP contribution in [0.2, 0.25) is 0 Å². The number of aromatic nitrogens is 1. The molecule has 1 amide bonds. The number of hydrogen-bond donors (Lipinski definition) is 2. The number of hydrogen-bond acceptors (Lipinski definition) is 3. The number of carbonyl (C=O) groups is 1. The van der Waals surface area contributed by atoms with E-state index in [1.165, 1.54) is 0 Å². The van der Waals surface area contributed by atoms with E-state index in [2.05, 4.69) is 15.6 Å². The monoisotopic (exact) mass is 305 g/mol. The van der Waals surface area contributed by atoms with E-state index >= 15 is 0 Å². The van der Waals surface area contributed by atoms with Gasteiger partial charge in [-0.1, -0.05) is 36.4 Å². The minimum Gasteiger partial charge on any atom is -0.368 e. The molecule has 0 saturated heterocycles. The van der Waals surface area contributed by atoms with E-state index in [4.69, 9.17) is 0 Å². The molecule has 0 spiro atoms. The summed E-state index contributed by atoms with van der Waals surface area (Å²) < 4.78 is 0. The van der Waals surface area contributed by atoms with Crippen molar-refractivity contribution in [2.75, 3.05) is 10.6 Å². The van der Waals surface area contributed by atoms with Crippen LogP contribution >= 0.6 is 0 Å². The number of rotatable bonds is 4. The molecule has 3 rings (SSSR count). The number of pyridine rings is 1. The lowest BCUT2D eigenvalue weighted by Gasteiger charge is -2.11. The standard InChI is InChI=1S/C19H19N3O/c1-13(2)21-18-12-15(10-11-20-18)19(23)22-17-9-5-7-14-6-3-4-8-16(14)17/h3-13H,1-2H3,(H,20,21)(H,22,23). The molecule has 116 valence electrons. The van der Waals surface area contributed by atoms with Crippen molar-refractivity contribution in [1.29, 1.82) is 0 Å². The fourth-order valence-electron chi connectivity index (χ4n) is 2.48. The Hall–Kier alpha value is -2.88. The zero-order valence-corrected chi connectivity index (χ0v) is 13.2. The van der Waals surface area contributed by atoms with Crippen LogP contribution in [0.25, 0.3) is 10.8 Å². The highest BCUT2D eigenvalue weighted by atomic mass is 16.1. The van der Waals surface area contributed by atoms with Crippen LogP contribution in [0, 0.1) is 0 Å². The van der Waals surface area contributed by atoms with Crippen molar-refractivity contribution in [3.8, 4) is 0 Å². The zero-order valence-electron chi connectivity index (χ0n) is 13.2. The Morgan fingerprint density at radius 3 is 2.65 bits per heavy atom. The average molecular weight is 305 g/mol. The van der Waals surface area contributed by atoms with Gasteiger partial charge in [-0.25, -0.2) is 4.98 Å². The largest absolute Gasteiger partial charge is 0.368 e. The number of fused-ring (bicyclic) bond motifs is 1. The van der Waals surface area contributed by atoms with Gasteiger partial charge in [0, 0.05) is 28.9 Å². The lowest BCUT2D eigenvalue weighted by Crippen LogP contribution is -2.15. The van der Waals surface area contributed by atoms with E-state index in [1.54, 1.807) is 18.3 Å². The molecule has 1 aromatic heterocycles. The minimum absolute atomic E-state index is 0.143. The Kier molecular flexibility index (Phi) is 4.24. The number of nitrogens with zero attached hydrogens (tertiary/aromatic N) is 1. The van der Waals surface area contributed by atoms with Crippen LogP contribution in [-0.4, -0.2) is 16.9 Å². The van der Waals surface area contributed by atoms with Gasteiger partial charge in [0.25, 0.3) is 5.91 Å². The van der Waals surface area contributed by atoms with Crippen molar-refractivity contribution in [3.05, 3.63) is 66.4 Å². The van der Waals surface area contributed by atoms with E-state index < -0.39 is 0 Å². The van der Waals surface area contributed by atoms with Gasteiger partial charge in [0.2, 0.25) is 0 Å². The molecule has 0 fully saturated rings. The van der Waals surface area contributed by atoms with Crippen LogP contribution < -0.4 is 10.6 Å². The fourth-order valence-corrected chi connectivity index (χ4v) is 2.48. The Labute approximate surface area is 135 Å². The molecule has 0 bridgehead atoms. The van der Waals surface area contributed by atoms with Crippen molar-refractivity contribution >= 4 is 28.2 Å². The van der Waals surface area contributed by atoms with Crippen molar-refractivity contribution in [2.45, 2.75) is 19.9 Å². The predicted molar refractivity (Wildman–Crippen MR) is 94.9 cm³/mol. The molecular weight excluding hydrogens is 286 g/mol. The molecule has 0 radical (unpaired) electrons. The maximum absolute atomic E-state index is 12.5. The summed E-state index contributed by atoms with van der Waals surface area (Å²) >= 11 is 0. The average Bonchev–Trinajstić information content (AvgIpc) is 2.55. The third-order valence-electron chi connectivity index (χ3n) is 3.50. The summed E-state index contributed by atoms with van der Waals surface area (Å²) in [6.07, 6.45) is 1.64. The van der Waals surface area contributed by atoms with E-state index in [9.17, 15) is 4.79 Å². The molecule has 2 aromatic carbocycles. The normalized spacial score (nSPS) is 10.7. The predicted octanol–water partition coefficient (Wildman–Crippen LogP) is 4.31. The molecule has 23 heavy (non-hydrogen) atoms. The Morgan fingerprint density at radius 1 is 1.04 bits per heavy atom. The molecule has 1 heterocycles. The number of anilines is 2. The smallest absolute Gasteiger partial charge is 0.255 e. The van der Waals surface area contributed by atoms with Crippen molar-refractivity contribution in [3.63, 3.8) is 0 Å². The lowest BCUT2D eigenvalue weighted by atomic mass is 10.1. The highest BCUT2D eigenvalue weighted by Gasteiger charge is 2.09. The Morgan fingerprint density at radius 2 is 1.83 bits per heavy atom. The van der Waals surface area contributed by atoms with Crippen LogP contribution in [0.5, 0.6) is 0 Å². The zero-order chi connectivity index (χ0) is 16.2. The number of carbonyl (C=O) groups excluding carboxylic acids is 1. The van der Waals surface area contributed by atoms with Gasteiger partial charge in [0.15, 0.2) is 0 Å². The second-order valence-corrected chi connectivity index (χ2v) is 5.71. The van der Waals surface area contributed by atoms with Crippen molar-refractivity contribution in [1.82, 2.24) is 4.98 Å². The van der Waals surface area contributed by atoms with E-state index in [0.29, 0.717) is 11.4 Å². The van der Waals surface area contributed by atoms with Crippen molar-refractivity contribution < 1.29 is 4.79 Å². The van der Waals surface area contributed by atoms with Gasteiger partial charge in [-0.05, 0) is 37.4 Å². The Balaban J connectivity index is 1.86. The number of benzene rings is 2. The van der Waals surface area contributed by atoms with Gasteiger partial charge in [-0.2, -0.15) is 0 Å². The van der Waals surface area contributed by atoms with Gasteiger partial charge >= 0.3 is 0 Å². The van der Waals surface area contributed by atoms with Crippen LogP contribution in [0.1, 0.15) is 24.2 Å². The molecular formula is C19H19N3O. The summed E-state index contributed by atoms with van der Waals surface area (Å²) in [4.78, 5) is 16.8. The highest BCUT2D eigenvalue weighted by Crippen LogP contribution is 2.23. The minimum atomic E-state index is -0.143.